The highest BCUT2D eigenvalue weighted by atomic mass is 32.2. The molecule has 9 heteroatoms. The Labute approximate surface area is 138 Å². The van der Waals surface area contributed by atoms with Crippen molar-refractivity contribution in [2.24, 2.45) is 0 Å². The highest BCUT2D eigenvalue weighted by Gasteiger charge is 2.33. The van der Waals surface area contributed by atoms with Gasteiger partial charge in [-0.05, 0) is 19.1 Å². The van der Waals surface area contributed by atoms with Crippen molar-refractivity contribution < 1.29 is 17.4 Å². The molecule has 0 aliphatic carbocycles. The van der Waals surface area contributed by atoms with Gasteiger partial charge in [-0.2, -0.15) is 4.31 Å². The zero-order valence-corrected chi connectivity index (χ0v) is 13.7. The molecule has 0 fully saturated rings. The van der Waals surface area contributed by atoms with Gasteiger partial charge in [-0.15, -0.1) is 0 Å². The Kier molecular flexibility index (Phi) is 3.47. The van der Waals surface area contributed by atoms with E-state index in [1.165, 1.54) is 10.5 Å². The number of nitrogens with zero attached hydrogens (tertiary/aromatic N) is 4. The summed E-state index contributed by atoms with van der Waals surface area (Å²) in [5, 5.41) is 3.55. The third-order valence-electron chi connectivity index (χ3n) is 3.93. The molecular weight excluding hydrogens is 332 g/mol. The summed E-state index contributed by atoms with van der Waals surface area (Å²) in [6.45, 7) is 2.06. The number of aryl methyl sites for hydroxylation is 1. The van der Waals surface area contributed by atoms with Crippen molar-refractivity contribution in [3.63, 3.8) is 0 Å². The number of hydrogen-bond acceptors (Lipinski definition) is 7. The van der Waals surface area contributed by atoms with Crippen LogP contribution in [0.25, 0.3) is 11.5 Å². The Bertz CT molecular complexity index is 978. The summed E-state index contributed by atoms with van der Waals surface area (Å²) in [4.78, 5) is 8.56. The van der Waals surface area contributed by atoms with Crippen molar-refractivity contribution in [3.8, 4) is 11.5 Å². The summed E-state index contributed by atoms with van der Waals surface area (Å²) in [6.07, 6.45) is 5.02. The minimum atomic E-state index is -3.66. The molecule has 0 N–H and O–H groups in total. The molecule has 0 saturated heterocycles. The van der Waals surface area contributed by atoms with Crippen molar-refractivity contribution in [3.05, 3.63) is 47.9 Å². The van der Waals surface area contributed by atoms with Crippen LogP contribution in [0.3, 0.4) is 0 Å². The first-order chi connectivity index (χ1) is 11.6. The average Bonchev–Trinajstić information content (AvgIpc) is 3.21. The van der Waals surface area contributed by atoms with Crippen LogP contribution in [-0.4, -0.2) is 34.4 Å². The van der Waals surface area contributed by atoms with Gasteiger partial charge in [0.2, 0.25) is 15.9 Å². The lowest BCUT2D eigenvalue weighted by molar-refractivity contribution is 0.360. The van der Waals surface area contributed by atoms with E-state index in [1.54, 1.807) is 25.4 Å². The molecule has 0 amide bonds. The van der Waals surface area contributed by atoms with E-state index in [2.05, 4.69) is 15.1 Å². The van der Waals surface area contributed by atoms with Crippen LogP contribution < -0.4 is 0 Å². The first kappa shape index (κ1) is 15.0. The second-order valence-electron chi connectivity index (χ2n) is 5.47. The summed E-state index contributed by atoms with van der Waals surface area (Å²) in [5.74, 6) is 1.44. The molecule has 4 heterocycles. The van der Waals surface area contributed by atoms with Crippen LogP contribution in [0.1, 0.15) is 17.2 Å². The van der Waals surface area contributed by atoms with Crippen LogP contribution >= 0.6 is 0 Å². The van der Waals surface area contributed by atoms with Gasteiger partial charge >= 0.3 is 0 Å². The van der Waals surface area contributed by atoms with Crippen LogP contribution in [0, 0.1) is 6.92 Å². The van der Waals surface area contributed by atoms with Gasteiger partial charge in [0, 0.05) is 25.4 Å². The molecule has 3 aromatic rings. The molecule has 0 bridgehead atoms. The smallest absolute Gasteiger partial charge is 0.248 e. The van der Waals surface area contributed by atoms with E-state index < -0.39 is 10.0 Å². The van der Waals surface area contributed by atoms with E-state index in [1.807, 2.05) is 6.07 Å². The van der Waals surface area contributed by atoms with Crippen molar-refractivity contribution in [1.29, 1.82) is 0 Å². The Morgan fingerprint density at radius 1 is 1.29 bits per heavy atom. The largest absolute Gasteiger partial charge is 0.441 e. The van der Waals surface area contributed by atoms with E-state index >= 15 is 0 Å². The average molecular weight is 346 g/mol. The lowest BCUT2D eigenvalue weighted by atomic mass is 10.2. The first-order valence-electron chi connectivity index (χ1n) is 7.36. The fourth-order valence-corrected chi connectivity index (χ4v) is 4.15. The highest BCUT2D eigenvalue weighted by molar-refractivity contribution is 7.89. The molecule has 124 valence electrons. The molecule has 3 aromatic heterocycles. The lowest BCUT2D eigenvalue weighted by Gasteiger charge is -2.23. The van der Waals surface area contributed by atoms with E-state index in [4.69, 9.17) is 8.94 Å². The molecule has 24 heavy (non-hydrogen) atoms. The summed E-state index contributed by atoms with van der Waals surface area (Å²) in [7, 11) is -3.66. The molecule has 1 aliphatic heterocycles. The molecular formula is C15H14N4O4S. The van der Waals surface area contributed by atoms with E-state index in [0.29, 0.717) is 30.3 Å². The van der Waals surface area contributed by atoms with Gasteiger partial charge in [-0.3, -0.25) is 4.98 Å². The normalized spacial score (nSPS) is 15.4. The predicted octanol–water partition coefficient (Wildman–Crippen LogP) is 1.78. The number of oxazole rings is 1. The van der Waals surface area contributed by atoms with Gasteiger partial charge in [0.1, 0.15) is 10.7 Å². The maximum absolute atomic E-state index is 12.7. The SMILES string of the molecule is Cc1oncc1S(=O)(=O)N1CCc2oc(-c3cccnc3)nc2C1. The minimum Gasteiger partial charge on any atom is -0.441 e. The van der Waals surface area contributed by atoms with Crippen molar-refractivity contribution >= 4 is 10.0 Å². The van der Waals surface area contributed by atoms with Gasteiger partial charge in [0.25, 0.3) is 0 Å². The summed E-state index contributed by atoms with van der Waals surface area (Å²) in [5.41, 5.74) is 1.38. The minimum absolute atomic E-state index is 0.0851. The quantitative estimate of drug-likeness (QED) is 0.712. The first-order valence-corrected chi connectivity index (χ1v) is 8.80. The fourth-order valence-electron chi connectivity index (χ4n) is 2.67. The van der Waals surface area contributed by atoms with Crippen LogP contribution in [0.2, 0.25) is 0 Å². The highest BCUT2D eigenvalue weighted by Crippen LogP contribution is 2.29. The molecule has 0 unspecified atom stereocenters. The second-order valence-corrected chi connectivity index (χ2v) is 7.37. The number of aromatic nitrogens is 3. The Hall–Kier alpha value is -2.52. The standard InChI is InChI=1S/C15H14N4O4S/c1-10-14(8-17-23-10)24(20,21)19-6-4-13-12(9-19)18-15(22-13)11-3-2-5-16-7-11/h2-3,5,7-8H,4,6,9H2,1H3. The van der Waals surface area contributed by atoms with Gasteiger partial charge in [0.05, 0.1) is 24.0 Å². The Balaban J connectivity index is 1.65. The number of fused-ring (bicyclic) bond motifs is 1. The number of pyridine rings is 1. The summed E-state index contributed by atoms with van der Waals surface area (Å²) in [6, 6.07) is 3.64. The van der Waals surface area contributed by atoms with Crippen LogP contribution in [0.5, 0.6) is 0 Å². The van der Waals surface area contributed by atoms with E-state index in [-0.39, 0.29) is 17.2 Å². The molecule has 0 radical (unpaired) electrons. The third-order valence-corrected chi connectivity index (χ3v) is 5.87. The zero-order chi connectivity index (χ0) is 16.7. The molecule has 0 saturated carbocycles. The molecule has 0 aromatic carbocycles. The van der Waals surface area contributed by atoms with Crippen molar-refractivity contribution in [1.82, 2.24) is 19.4 Å². The van der Waals surface area contributed by atoms with Gasteiger partial charge in [-0.1, -0.05) is 5.16 Å². The molecule has 1 aliphatic rings. The zero-order valence-electron chi connectivity index (χ0n) is 12.8. The fraction of sp³-hybridized carbons (Fsp3) is 0.267. The van der Waals surface area contributed by atoms with Crippen LogP contribution in [0.15, 0.2) is 44.6 Å². The maximum Gasteiger partial charge on any atom is 0.248 e. The third kappa shape index (κ3) is 2.42. The topological polar surface area (TPSA) is 102 Å². The Morgan fingerprint density at radius 2 is 2.17 bits per heavy atom. The summed E-state index contributed by atoms with van der Waals surface area (Å²) >= 11 is 0. The predicted molar refractivity (Wildman–Crippen MR) is 82.3 cm³/mol. The monoisotopic (exact) mass is 346 g/mol. The summed E-state index contributed by atoms with van der Waals surface area (Å²) < 4.78 is 37.4. The maximum atomic E-state index is 12.7. The van der Waals surface area contributed by atoms with Crippen molar-refractivity contribution in [2.75, 3.05) is 6.54 Å². The van der Waals surface area contributed by atoms with E-state index in [9.17, 15) is 8.42 Å². The van der Waals surface area contributed by atoms with Crippen LogP contribution in [-0.2, 0) is 23.0 Å². The molecule has 0 atom stereocenters. The van der Waals surface area contributed by atoms with Gasteiger partial charge in [0.15, 0.2) is 5.76 Å². The van der Waals surface area contributed by atoms with Gasteiger partial charge in [-0.25, -0.2) is 13.4 Å². The van der Waals surface area contributed by atoms with Crippen molar-refractivity contribution in [2.45, 2.75) is 24.8 Å². The molecule has 4 rings (SSSR count). The number of sulfonamides is 1. The van der Waals surface area contributed by atoms with Gasteiger partial charge < -0.3 is 8.94 Å². The lowest BCUT2D eigenvalue weighted by Crippen LogP contribution is -2.35. The molecule has 8 nitrogen and oxygen atoms in total. The number of hydrogen-bond donors (Lipinski definition) is 0. The second kappa shape index (κ2) is 5.53. The number of rotatable bonds is 3. The molecule has 0 spiro atoms. The Morgan fingerprint density at radius 3 is 2.88 bits per heavy atom. The van der Waals surface area contributed by atoms with E-state index in [0.717, 1.165) is 5.56 Å². The van der Waals surface area contributed by atoms with Crippen LogP contribution in [0.4, 0.5) is 0 Å².